The third-order valence-corrected chi connectivity index (χ3v) is 4.86. The molecule has 0 radical (unpaired) electrons. The van der Waals surface area contributed by atoms with Gasteiger partial charge in [0.05, 0.1) is 12.3 Å². The van der Waals surface area contributed by atoms with Crippen molar-refractivity contribution in [1.82, 2.24) is 0 Å². The highest BCUT2D eigenvalue weighted by Gasteiger charge is 2.29. The quantitative estimate of drug-likeness (QED) is 0.510. The summed E-state index contributed by atoms with van der Waals surface area (Å²) in [4.78, 5) is 24.6. The van der Waals surface area contributed by atoms with Crippen molar-refractivity contribution < 1.29 is 19.1 Å². The van der Waals surface area contributed by atoms with Crippen molar-refractivity contribution in [3.05, 3.63) is 78.4 Å². The van der Waals surface area contributed by atoms with Gasteiger partial charge in [-0.2, -0.15) is 0 Å². The number of benzene rings is 3. The standard InChI is InChI=1S/C25H24N2O4/c1-2-30-20-13-15-21(16-14-20)31-23-6-4-3-5-22(23)27-25(29)18-9-11-19(12-10-18)26-24(28)17-7-8-17/h3-6,9-17H,2,7-8H2,1H3,(H,26,28)(H,27,29). The predicted octanol–water partition coefficient (Wildman–Crippen LogP) is 5.48. The van der Waals surface area contributed by atoms with Crippen LogP contribution < -0.4 is 20.1 Å². The lowest BCUT2D eigenvalue weighted by Gasteiger charge is -2.13. The predicted molar refractivity (Wildman–Crippen MR) is 120 cm³/mol. The Balaban J connectivity index is 1.41. The first-order valence-corrected chi connectivity index (χ1v) is 10.3. The van der Waals surface area contributed by atoms with Gasteiger partial charge in [0.1, 0.15) is 11.5 Å². The van der Waals surface area contributed by atoms with Crippen LogP contribution in [0.2, 0.25) is 0 Å². The number of amides is 2. The average molecular weight is 416 g/mol. The Bertz CT molecular complexity index is 1060. The van der Waals surface area contributed by atoms with E-state index < -0.39 is 0 Å². The molecule has 2 amide bonds. The van der Waals surface area contributed by atoms with Crippen LogP contribution in [-0.2, 0) is 4.79 Å². The summed E-state index contributed by atoms with van der Waals surface area (Å²) >= 11 is 0. The van der Waals surface area contributed by atoms with Gasteiger partial charge >= 0.3 is 0 Å². The molecular weight excluding hydrogens is 392 g/mol. The van der Waals surface area contributed by atoms with Crippen LogP contribution >= 0.6 is 0 Å². The summed E-state index contributed by atoms with van der Waals surface area (Å²) < 4.78 is 11.4. The molecule has 0 bridgehead atoms. The molecule has 0 unspecified atom stereocenters. The first-order valence-electron chi connectivity index (χ1n) is 10.3. The minimum atomic E-state index is -0.261. The van der Waals surface area contributed by atoms with Gasteiger partial charge in [0.15, 0.2) is 5.75 Å². The number of carbonyl (C=O) groups is 2. The molecule has 158 valence electrons. The zero-order valence-electron chi connectivity index (χ0n) is 17.3. The Morgan fingerprint density at radius 2 is 1.55 bits per heavy atom. The molecule has 0 atom stereocenters. The van der Waals surface area contributed by atoms with E-state index in [1.165, 1.54) is 0 Å². The summed E-state index contributed by atoms with van der Waals surface area (Å²) in [7, 11) is 0. The molecule has 6 heteroatoms. The van der Waals surface area contributed by atoms with E-state index in [9.17, 15) is 9.59 Å². The molecule has 1 saturated carbocycles. The molecule has 3 aromatic rings. The Kier molecular flexibility index (Phi) is 6.17. The molecule has 31 heavy (non-hydrogen) atoms. The molecule has 1 aliphatic carbocycles. The van der Waals surface area contributed by atoms with Crippen LogP contribution in [0.3, 0.4) is 0 Å². The van der Waals surface area contributed by atoms with Crippen molar-refractivity contribution >= 4 is 23.2 Å². The van der Waals surface area contributed by atoms with Gasteiger partial charge in [-0.25, -0.2) is 0 Å². The lowest BCUT2D eigenvalue weighted by molar-refractivity contribution is -0.117. The van der Waals surface area contributed by atoms with Gasteiger partial charge in [-0.3, -0.25) is 9.59 Å². The van der Waals surface area contributed by atoms with Crippen LogP contribution in [-0.4, -0.2) is 18.4 Å². The molecule has 4 rings (SSSR count). The SMILES string of the molecule is CCOc1ccc(Oc2ccccc2NC(=O)c2ccc(NC(=O)C3CC3)cc2)cc1. The van der Waals surface area contributed by atoms with E-state index >= 15 is 0 Å². The van der Waals surface area contributed by atoms with Gasteiger partial charge < -0.3 is 20.1 Å². The maximum atomic E-state index is 12.7. The largest absolute Gasteiger partial charge is 0.494 e. The number of ether oxygens (including phenoxy) is 2. The summed E-state index contributed by atoms with van der Waals surface area (Å²) in [6.45, 7) is 2.53. The van der Waals surface area contributed by atoms with Gasteiger partial charge in [-0.15, -0.1) is 0 Å². The van der Waals surface area contributed by atoms with E-state index in [2.05, 4.69) is 10.6 Å². The van der Waals surface area contributed by atoms with E-state index in [-0.39, 0.29) is 17.7 Å². The van der Waals surface area contributed by atoms with Crippen LogP contribution in [0, 0.1) is 5.92 Å². The number of anilines is 2. The van der Waals surface area contributed by atoms with Gasteiger partial charge in [0.25, 0.3) is 5.91 Å². The molecule has 1 fully saturated rings. The summed E-state index contributed by atoms with van der Waals surface area (Å²) in [5, 5.41) is 5.76. The monoisotopic (exact) mass is 416 g/mol. The normalized spacial score (nSPS) is 12.7. The number of hydrogen-bond acceptors (Lipinski definition) is 4. The fourth-order valence-electron chi connectivity index (χ4n) is 3.05. The molecule has 6 nitrogen and oxygen atoms in total. The number of hydrogen-bond donors (Lipinski definition) is 2. The highest BCUT2D eigenvalue weighted by atomic mass is 16.5. The number of para-hydroxylation sites is 2. The molecule has 3 aromatic carbocycles. The van der Waals surface area contributed by atoms with Crippen LogP contribution in [0.1, 0.15) is 30.1 Å². The van der Waals surface area contributed by atoms with Crippen molar-refractivity contribution in [2.24, 2.45) is 5.92 Å². The zero-order valence-corrected chi connectivity index (χ0v) is 17.3. The van der Waals surface area contributed by atoms with E-state index in [0.29, 0.717) is 35.0 Å². The molecule has 0 aromatic heterocycles. The smallest absolute Gasteiger partial charge is 0.255 e. The van der Waals surface area contributed by atoms with Crippen LogP contribution in [0.15, 0.2) is 72.8 Å². The van der Waals surface area contributed by atoms with Gasteiger partial charge in [-0.1, -0.05) is 12.1 Å². The van der Waals surface area contributed by atoms with E-state index in [4.69, 9.17) is 9.47 Å². The summed E-state index contributed by atoms with van der Waals surface area (Å²) in [5.41, 5.74) is 1.74. The first-order chi connectivity index (χ1) is 15.1. The lowest BCUT2D eigenvalue weighted by Crippen LogP contribution is -2.14. The third-order valence-electron chi connectivity index (χ3n) is 4.86. The highest BCUT2D eigenvalue weighted by molar-refractivity contribution is 6.05. The van der Waals surface area contributed by atoms with Crippen molar-refractivity contribution in [1.29, 1.82) is 0 Å². The van der Waals surface area contributed by atoms with Crippen molar-refractivity contribution in [2.45, 2.75) is 19.8 Å². The van der Waals surface area contributed by atoms with Gasteiger partial charge in [0.2, 0.25) is 5.91 Å². The van der Waals surface area contributed by atoms with Crippen LogP contribution in [0.25, 0.3) is 0 Å². The average Bonchev–Trinajstić information content (AvgIpc) is 3.63. The van der Waals surface area contributed by atoms with Gasteiger partial charge in [-0.05, 0) is 80.4 Å². The fraction of sp³-hybridized carbons (Fsp3) is 0.200. The molecule has 0 saturated heterocycles. The Hall–Kier alpha value is -3.80. The zero-order chi connectivity index (χ0) is 21.6. The second-order valence-electron chi connectivity index (χ2n) is 7.30. The summed E-state index contributed by atoms with van der Waals surface area (Å²) in [6.07, 6.45) is 1.90. The third kappa shape index (κ3) is 5.42. The Morgan fingerprint density at radius 1 is 0.871 bits per heavy atom. The lowest BCUT2D eigenvalue weighted by atomic mass is 10.2. The van der Waals surface area contributed by atoms with E-state index in [0.717, 1.165) is 18.6 Å². The van der Waals surface area contributed by atoms with Gasteiger partial charge in [0, 0.05) is 17.2 Å². The van der Waals surface area contributed by atoms with Crippen molar-refractivity contribution in [3.8, 4) is 17.2 Å². The van der Waals surface area contributed by atoms with Crippen LogP contribution in [0.4, 0.5) is 11.4 Å². The molecule has 1 aliphatic rings. The maximum absolute atomic E-state index is 12.7. The Morgan fingerprint density at radius 3 is 2.23 bits per heavy atom. The number of carbonyl (C=O) groups excluding carboxylic acids is 2. The first kappa shape index (κ1) is 20.5. The molecule has 2 N–H and O–H groups in total. The fourth-order valence-corrected chi connectivity index (χ4v) is 3.05. The number of rotatable bonds is 8. The summed E-state index contributed by atoms with van der Waals surface area (Å²) in [5.74, 6) is 1.86. The molecule has 0 aliphatic heterocycles. The van der Waals surface area contributed by atoms with Crippen LogP contribution in [0.5, 0.6) is 17.2 Å². The minimum Gasteiger partial charge on any atom is -0.494 e. The maximum Gasteiger partial charge on any atom is 0.255 e. The number of nitrogens with one attached hydrogen (secondary N) is 2. The van der Waals surface area contributed by atoms with E-state index in [1.54, 1.807) is 36.4 Å². The minimum absolute atomic E-state index is 0.0394. The molecule has 0 heterocycles. The second kappa shape index (κ2) is 9.34. The van der Waals surface area contributed by atoms with Crippen molar-refractivity contribution in [2.75, 3.05) is 17.2 Å². The topological polar surface area (TPSA) is 76.7 Å². The van der Waals surface area contributed by atoms with Crippen molar-refractivity contribution in [3.63, 3.8) is 0 Å². The highest BCUT2D eigenvalue weighted by Crippen LogP contribution is 2.31. The Labute approximate surface area is 181 Å². The molecule has 0 spiro atoms. The second-order valence-corrected chi connectivity index (χ2v) is 7.30. The summed E-state index contributed by atoms with van der Waals surface area (Å²) in [6, 6.07) is 21.4. The van der Waals surface area contributed by atoms with E-state index in [1.807, 2.05) is 43.3 Å². The molecular formula is C25H24N2O4.